The van der Waals surface area contributed by atoms with Crippen molar-refractivity contribution in [2.45, 2.75) is 37.6 Å². The molecule has 2 rings (SSSR count). The van der Waals surface area contributed by atoms with Crippen LogP contribution in [-0.4, -0.2) is 35.8 Å². The lowest BCUT2D eigenvalue weighted by Crippen LogP contribution is -2.44. The summed E-state index contributed by atoms with van der Waals surface area (Å²) in [4.78, 5) is 1.21. The van der Waals surface area contributed by atoms with Crippen LogP contribution in [0.15, 0.2) is 24.3 Å². The summed E-state index contributed by atoms with van der Waals surface area (Å²) < 4.78 is 37.4. The lowest BCUT2D eigenvalue weighted by atomic mass is 9.79. The lowest BCUT2D eigenvalue weighted by molar-refractivity contribution is -0.153. The second-order valence-electron chi connectivity index (χ2n) is 5.31. The Balaban J connectivity index is 2.22. The molecule has 0 aliphatic heterocycles. The number of halogens is 3. The molecule has 19 heavy (non-hydrogen) atoms. The maximum absolute atomic E-state index is 12.5. The van der Waals surface area contributed by atoms with E-state index in [0.717, 1.165) is 11.1 Å². The summed E-state index contributed by atoms with van der Waals surface area (Å²) in [5, 5.41) is 10.3. The van der Waals surface area contributed by atoms with Gasteiger partial charge < -0.3 is 5.11 Å². The van der Waals surface area contributed by atoms with E-state index in [9.17, 15) is 18.3 Å². The molecule has 0 radical (unpaired) electrons. The maximum Gasteiger partial charge on any atom is 0.401 e. The highest BCUT2D eigenvalue weighted by atomic mass is 19.4. The smallest absolute Gasteiger partial charge is 0.387 e. The third kappa shape index (κ3) is 3.09. The summed E-state index contributed by atoms with van der Waals surface area (Å²) in [7, 11) is 1.42. The van der Waals surface area contributed by atoms with Gasteiger partial charge in [0.2, 0.25) is 0 Å². The summed E-state index contributed by atoms with van der Waals surface area (Å²) in [5.41, 5.74) is 1.78. The van der Waals surface area contributed by atoms with Crippen molar-refractivity contribution < 1.29 is 18.3 Å². The summed E-state index contributed by atoms with van der Waals surface area (Å²) in [5.74, 6) is 0.153. The minimum Gasteiger partial charge on any atom is -0.387 e. The van der Waals surface area contributed by atoms with Crippen LogP contribution in [0.2, 0.25) is 0 Å². The SMILES string of the molecule is CC1CC(N(C)CC(F)(F)F)C(O)c2ccccc21. The van der Waals surface area contributed by atoms with E-state index in [2.05, 4.69) is 0 Å². The van der Waals surface area contributed by atoms with Crippen LogP contribution >= 0.6 is 0 Å². The first-order valence-electron chi connectivity index (χ1n) is 6.33. The first kappa shape index (κ1) is 14.3. The number of hydrogen-bond donors (Lipinski definition) is 1. The van der Waals surface area contributed by atoms with Gasteiger partial charge in [-0.25, -0.2) is 0 Å². The van der Waals surface area contributed by atoms with E-state index in [1.807, 2.05) is 19.1 Å². The van der Waals surface area contributed by atoms with E-state index in [0.29, 0.717) is 6.42 Å². The fourth-order valence-electron chi connectivity index (χ4n) is 2.88. The Morgan fingerprint density at radius 3 is 2.42 bits per heavy atom. The molecule has 0 saturated carbocycles. The first-order chi connectivity index (χ1) is 8.79. The van der Waals surface area contributed by atoms with Gasteiger partial charge >= 0.3 is 6.18 Å². The normalized spacial score (nSPS) is 27.4. The molecule has 1 aliphatic rings. The van der Waals surface area contributed by atoms with Crippen LogP contribution in [0.5, 0.6) is 0 Å². The molecule has 0 bridgehead atoms. The van der Waals surface area contributed by atoms with Crippen molar-refractivity contribution in [2.75, 3.05) is 13.6 Å². The summed E-state index contributed by atoms with van der Waals surface area (Å²) in [6.07, 6.45) is -4.57. The maximum atomic E-state index is 12.5. The number of nitrogens with zero attached hydrogens (tertiary/aromatic N) is 1. The van der Waals surface area contributed by atoms with Crippen molar-refractivity contribution >= 4 is 0 Å². The van der Waals surface area contributed by atoms with Crippen molar-refractivity contribution in [2.24, 2.45) is 0 Å². The van der Waals surface area contributed by atoms with Gasteiger partial charge in [0, 0.05) is 6.04 Å². The van der Waals surface area contributed by atoms with Gasteiger partial charge in [-0.15, -0.1) is 0 Å². The number of aliphatic hydroxyl groups excluding tert-OH is 1. The van der Waals surface area contributed by atoms with Crippen LogP contribution in [0, 0.1) is 0 Å². The molecule has 2 nitrogen and oxygen atoms in total. The Hall–Kier alpha value is -1.07. The molecule has 1 aromatic carbocycles. The minimum atomic E-state index is -4.24. The van der Waals surface area contributed by atoms with Crippen molar-refractivity contribution in [1.29, 1.82) is 0 Å². The Morgan fingerprint density at radius 2 is 1.84 bits per heavy atom. The van der Waals surface area contributed by atoms with Gasteiger partial charge in [-0.2, -0.15) is 13.2 Å². The zero-order chi connectivity index (χ0) is 14.2. The fraction of sp³-hybridized carbons (Fsp3) is 0.571. The highest BCUT2D eigenvalue weighted by Gasteiger charge is 2.38. The van der Waals surface area contributed by atoms with Gasteiger partial charge in [0.25, 0.3) is 0 Å². The Morgan fingerprint density at radius 1 is 1.26 bits per heavy atom. The second-order valence-corrected chi connectivity index (χ2v) is 5.31. The number of hydrogen-bond acceptors (Lipinski definition) is 2. The average Bonchev–Trinajstić information content (AvgIpc) is 2.31. The standard InChI is InChI=1S/C14H18F3NO/c1-9-7-12(18(2)8-14(15,16)17)13(19)11-6-4-3-5-10(9)11/h3-6,9,12-13,19H,7-8H2,1-2H3. The molecular formula is C14H18F3NO. The quantitative estimate of drug-likeness (QED) is 0.895. The molecular weight excluding hydrogens is 255 g/mol. The van der Waals surface area contributed by atoms with Gasteiger partial charge in [-0.1, -0.05) is 31.2 Å². The van der Waals surface area contributed by atoms with Crippen LogP contribution in [-0.2, 0) is 0 Å². The van der Waals surface area contributed by atoms with Crippen LogP contribution < -0.4 is 0 Å². The van der Waals surface area contributed by atoms with Crippen LogP contribution in [0.1, 0.15) is 36.5 Å². The predicted molar refractivity (Wildman–Crippen MR) is 66.9 cm³/mol. The second kappa shape index (κ2) is 5.13. The highest BCUT2D eigenvalue weighted by Crippen LogP contribution is 2.39. The van der Waals surface area contributed by atoms with E-state index >= 15 is 0 Å². The third-order valence-corrected chi connectivity index (χ3v) is 3.80. The molecule has 106 valence electrons. The number of alkyl halides is 3. The van der Waals surface area contributed by atoms with Crippen molar-refractivity contribution in [3.63, 3.8) is 0 Å². The number of benzene rings is 1. The van der Waals surface area contributed by atoms with E-state index in [-0.39, 0.29) is 5.92 Å². The van der Waals surface area contributed by atoms with Gasteiger partial charge in [0.1, 0.15) is 0 Å². The largest absolute Gasteiger partial charge is 0.401 e. The molecule has 3 unspecified atom stereocenters. The number of likely N-dealkylation sites (N-methyl/N-ethyl adjacent to an activating group) is 1. The molecule has 0 spiro atoms. The van der Waals surface area contributed by atoms with Crippen LogP contribution in [0.25, 0.3) is 0 Å². The van der Waals surface area contributed by atoms with E-state index < -0.39 is 24.9 Å². The average molecular weight is 273 g/mol. The van der Waals surface area contributed by atoms with Gasteiger partial charge in [0.15, 0.2) is 0 Å². The number of aliphatic hydroxyl groups is 1. The predicted octanol–water partition coefficient (Wildman–Crippen LogP) is 3.09. The molecule has 3 atom stereocenters. The van der Waals surface area contributed by atoms with E-state index in [1.165, 1.54) is 11.9 Å². The summed E-state index contributed by atoms with van der Waals surface area (Å²) in [6, 6.07) is 6.93. The fourth-order valence-corrected chi connectivity index (χ4v) is 2.88. The molecule has 5 heteroatoms. The van der Waals surface area contributed by atoms with Crippen LogP contribution in [0.4, 0.5) is 13.2 Å². The minimum absolute atomic E-state index is 0.153. The lowest BCUT2D eigenvalue weighted by Gasteiger charge is -2.39. The molecule has 0 saturated heterocycles. The Labute approximate surface area is 110 Å². The summed E-state index contributed by atoms with van der Waals surface area (Å²) >= 11 is 0. The Kier molecular flexibility index (Phi) is 3.87. The van der Waals surface area contributed by atoms with Crippen molar-refractivity contribution in [1.82, 2.24) is 4.90 Å². The van der Waals surface area contributed by atoms with Gasteiger partial charge in [0.05, 0.1) is 12.6 Å². The number of fused-ring (bicyclic) bond motifs is 1. The molecule has 1 aromatic rings. The molecule has 0 heterocycles. The van der Waals surface area contributed by atoms with Gasteiger partial charge in [-0.05, 0) is 30.5 Å². The number of rotatable bonds is 2. The molecule has 0 aromatic heterocycles. The molecule has 1 aliphatic carbocycles. The highest BCUT2D eigenvalue weighted by molar-refractivity contribution is 5.35. The van der Waals surface area contributed by atoms with Crippen LogP contribution in [0.3, 0.4) is 0 Å². The summed E-state index contributed by atoms with van der Waals surface area (Å²) in [6.45, 7) is 0.989. The topological polar surface area (TPSA) is 23.5 Å². The van der Waals surface area contributed by atoms with Gasteiger partial charge in [-0.3, -0.25) is 4.90 Å². The zero-order valence-corrected chi connectivity index (χ0v) is 11.0. The molecule has 0 amide bonds. The molecule has 0 fully saturated rings. The molecule has 1 N–H and O–H groups in total. The van der Waals surface area contributed by atoms with E-state index in [4.69, 9.17) is 0 Å². The first-order valence-corrected chi connectivity index (χ1v) is 6.33. The third-order valence-electron chi connectivity index (χ3n) is 3.80. The van der Waals surface area contributed by atoms with E-state index in [1.54, 1.807) is 12.1 Å². The van der Waals surface area contributed by atoms with Crippen molar-refractivity contribution in [3.05, 3.63) is 35.4 Å². The monoisotopic (exact) mass is 273 g/mol. The Bertz CT molecular complexity index is 447. The zero-order valence-electron chi connectivity index (χ0n) is 11.0. The van der Waals surface area contributed by atoms with Crippen molar-refractivity contribution in [3.8, 4) is 0 Å².